The van der Waals surface area contributed by atoms with Crippen LogP contribution in [0.15, 0.2) is 60.1 Å². The van der Waals surface area contributed by atoms with Gasteiger partial charge < -0.3 is 59.7 Å². The van der Waals surface area contributed by atoms with Gasteiger partial charge in [0.1, 0.15) is 23.1 Å². The molecule has 1 fully saturated rings. The Balaban J connectivity index is 1.12. The number of likely N-dealkylation sites (N-methyl/N-ethyl adjacent to an activating group) is 3. The molecule has 3 heterocycles. The van der Waals surface area contributed by atoms with Crippen molar-refractivity contribution in [2.75, 3.05) is 94.6 Å². The van der Waals surface area contributed by atoms with Gasteiger partial charge in [-0.25, -0.2) is 15.0 Å². The molecular formula is C71H109Br2N11O12S. The molecule has 1 saturated heterocycles. The molecule has 23 nitrogen and oxygen atoms in total. The van der Waals surface area contributed by atoms with Crippen molar-refractivity contribution in [1.29, 1.82) is 0 Å². The molecule has 0 radical (unpaired) electrons. The fourth-order valence-corrected chi connectivity index (χ4v) is 14.4. The lowest BCUT2D eigenvalue weighted by atomic mass is 9.89. The van der Waals surface area contributed by atoms with E-state index < -0.39 is 78.0 Å². The number of ether oxygens (including phenoxy) is 5. The average molecular weight is 1500 g/mol. The van der Waals surface area contributed by atoms with E-state index in [2.05, 4.69) is 68.1 Å². The van der Waals surface area contributed by atoms with E-state index in [9.17, 15) is 28.8 Å². The van der Waals surface area contributed by atoms with Gasteiger partial charge in [0, 0.05) is 75.7 Å². The van der Waals surface area contributed by atoms with Crippen LogP contribution in [0, 0.1) is 35.5 Å². The molecule has 0 aliphatic carbocycles. The summed E-state index contributed by atoms with van der Waals surface area (Å²) in [7, 11) is 8.19. The van der Waals surface area contributed by atoms with Crippen LogP contribution in [-0.2, 0) is 69.5 Å². The summed E-state index contributed by atoms with van der Waals surface area (Å²) < 4.78 is 29.5. The maximum absolute atomic E-state index is 15.0. The number of nitrogens with one attached hydrogen (secondary N) is 4. The van der Waals surface area contributed by atoms with Crippen molar-refractivity contribution in [3.8, 4) is 0 Å². The SMILES string of the molecule is CC[C@H](C)[C@@H]([C@@H](CC(=O)N1CCC[C@H]1[C@H](OC)[C@@H](C)C(=O)N[C@@H](Cc1ccccc1)c1nccs1)OC)N(C)C(=O)[C@@H](NC(=O)[C@H](C(C)C)N(C)C(=O)[C@@H](NC(=O)[C@H](C(C)C)N(C)CCOCCOCCOCCNC(=O)c1ccc2nc(CBr)c(CBr)nc2c1)C(C)C)C(C)C. The van der Waals surface area contributed by atoms with Gasteiger partial charge in [-0.3, -0.25) is 38.5 Å². The Kier molecular flexibility index (Phi) is 34.9. The largest absolute Gasteiger partial charge is 0.379 e. The molecule has 1 aliphatic heterocycles. The number of carbonyl (C=O) groups excluding carboxylic acids is 7. The van der Waals surface area contributed by atoms with Gasteiger partial charge in [0.05, 0.1) is 111 Å². The molecular weight excluding hydrogens is 1390 g/mol. The normalized spacial score (nSPS) is 16.6. The van der Waals surface area contributed by atoms with E-state index in [0.717, 1.165) is 28.4 Å². The number of halogens is 2. The minimum atomic E-state index is -1.03. The summed E-state index contributed by atoms with van der Waals surface area (Å²) in [5.41, 5.74) is 4.57. The predicted molar refractivity (Wildman–Crippen MR) is 385 cm³/mol. The summed E-state index contributed by atoms with van der Waals surface area (Å²) in [6, 6.07) is 10.2. The topological polar surface area (TPSA) is 265 Å². The van der Waals surface area contributed by atoms with Crippen LogP contribution in [0.4, 0.5) is 0 Å². The fourth-order valence-electron chi connectivity index (χ4n) is 12.8. The molecule has 0 bridgehead atoms. The van der Waals surface area contributed by atoms with E-state index >= 15 is 4.79 Å². The first-order chi connectivity index (χ1) is 46.2. The van der Waals surface area contributed by atoms with Gasteiger partial charge in [0.2, 0.25) is 35.4 Å². The number of benzene rings is 2. The summed E-state index contributed by atoms with van der Waals surface area (Å²) >= 11 is 8.39. The van der Waals surface area contributed by atoms with Crippen molar-refractivity contribution < 1.29 is 57.2 Å². The molecule has 7 amide bonds. The highest BCUT2D eigenvalue weighted by atomic mass is 79.9. The van der Waals surface area contributed by atoms with Crippen molar-refractivity contribution in [3.05, 3.63) is 87.6 Å². The summed E-state index contributed by atoms with van der Waals surface area (Å²) in [6.45, 7) is 23.9. The molecule has 2 aromatic heterocycles. The maximum Gasteiger partial charge on any atom is 0.251 e. The molecule has 2 aromatic carbocycles. The first kappa shape index (κ1) is 82.1. The van der Waals surface area contributed by atoms with Crippen LogP contribution in [-0.4, -0.2) is 219 Å². The third-order valence-electron chi connectivity index (χ3n) is 18.3. The number of thiazole rings is 1. The molecule has 0 spiro atoms. The molecule has 540 valence electrons. The van der Waals surface area contributed by atoms with E-state index in [-0.39, 0.29) is 59.8 Å². The minimum Gasteiger partial charge on any atom is -0.379 e. The molecule has 11 atom stereocenters. The van der Waals surface area contributed by atoms with Crippen LogP contribution in [0.5, 0.6) is 0 Å². The zero-order valence-electron chi connectivity index (χ0n) is 59.9. The van der Waals surface area contributed by atoms with Crippen molar-refractivity contribution >= 4 is 95.6 Å². The van der Waals surface area contributed by atoms with E-state index in [1.807, 2.05) is 124 Å². The van der Waals surface area contributed by atoms with Crippen molar-refractivity contribution in [2.24, 2.45) is 35.5 Å². The Hall–Kier alpha value is -5.58. The lowest BCUT2D eigenvalue weighted by Crippen LogP contribution is -2.62. The molecule has 4 aromatic rings. The minimum absolute atomic E-state index is 0.0525. The molecule has 0 saturated carbocycles. The van der Waals surface area contributed by atoms with Crippen LogP contribution < -0.4 is 21.3 Å². The van der Waals surface area contributed by atoms with Gasteiger partial charge in [0.15, 0.2) is 0 Å². The lowest BCUT2D eigenvalue weighted by molar-refractivity contribution is -0.149. The lowest BCUT2D eigenvalue weighted by Gasteiger charge is -2.41. The number of methoxy groups -OCH3 is 2. The number of rotatable bonds is 42. The zero-order chi connectivity index (χ0) is 71.6. The molecule has 0 unspecified atom stereocenters. The third-order valence-corrected chi connectivity index (χ3v) is 20.3. The van der Waals surface area contributed by atoms with Crippen LogP contribution >= 0.6 is 43.2 Å². The third kappa shape index (κ3) is 23.5. The van der Waals surface area contributed by atoms with E-state index in [1.54, 1.807) is 55.4 Å². The number of carbonyl (C=O) groups is 7. The number of hydrogen-bond acceptors (Lipinski definition) is 17. The van der Waals surface area contributed by atoms with Gasteiger partial charge in [0.25, 0.3) is 5.91 Å². The van der Waals surface area contributed by atoms with Crippen LogP contribution in [0.25, 0.3) is 11.0 Å². The van der Waals surface area contributed by atoms with Crippen LogP contribution in [0.1, 0.15) is 140 Å². The molecule has 97 heavy (non-hydrogen) atoms. The van der Waals surface area contributed by atoms with E-state index in [0.29, 0.717) is 106 Å². The van der Waals surface area contributed by atoms with Gasteiger partial charge in [-0.05, 0) is 79.7 Å². The Morgan fingerprint density at radius 2 is 1.26 bits per heavy atom. The second-order valence-corrected chi connectivity index (χ2v) is 28.7. The number of fused-ring (bicyclic) bond motifs is 1. The second kappa shape index (κ2) is 41.2. The van der Waals surface area contributed by atoms with Crippen LogP contribution in [0.3, 0.4) is 0 Å². The number of hydrogen-bond donors (Lipinski definition) is 4. The first-order valence-electron chi connectivity index (χ1n) is 34.1. The quantitative estimate of drug-likeness (QED) is 0.0240. The second-order valence-electron chi connectivity index (χ2n) is 26.7. The van der Waals surface area contributed by atoms with E-state index in [4.69, 9.17) is 23.7 Å². The first-order valence-corrected chi connectivity index (χ1v) is 37.2. The highest BCUT2D eigenvalue weighted by molar-refractivity contribution is 9.09. The highest BCUT2D eigenvalue weighted by Gasteiger charge is 2.45. The summed E-state index contributed by atoms with van der Waals surface area (Å²) in [4.78, 5) is 121. The summed E-state index contributed by atoms with van der Waals surface area (Å²) in [5.74, 6) is -4.38. The van der Waals surface area contributed by atoms with Gasteiger partial charge in [-0.1, -0.05) is 145 Å². The average Bonchev–Trinajstić information content (AvgIpc) is 1.68. The Labute approximate surface area is 596 Å². The Morgan fingerprint density at radius 1 is 0.680 bits per heavy atom. The molecule has 4 N–H and O–H groups in total. The van der Waals surface area contributed by atoms with Crippen molar-refractivity contribution in [1.82, 2.24) is 55.8 Å². The maximum atomic E-state index is 15.0. The number of nitrogens with zero attached hydrogens (tertiary/aromatic N) is 7. The van der Waals surface area contributed by atoms with Gasteiger partial charge in [-0.2, -0.15) is 0 Å². The van der Waals surface area contributed by atoms with Gasteiger partial charge >= 0.3 is 0 Å². The number of alkyl halides is 2. The Bertz CT molecular complexity index is 3120. The van der Waals surface area contributed by atoms with Crippen molar-refractivity contribution in [2.45, 2.75) is 173 Å². The number of aromatic nitrogens is 3. The van der Waals surface area contributed by atoms with Crippen LogP contribution in [0.2, 0.25) is 0 Å². The highest BCUT2D eigenvalue weighted by Crippen LogP contribution is 2.31. The smallest absolute Gasteiger partial charge is 0.251 e. The number of amides is 7. The summed E-state index contributed by atoms with van der Waals surface area (Å²) in [6.07, 6.45) is 2.88. The Morgan fingerprint density at radius 3 is 1.80 bits per heavy atom. The molecule has 26 heteroatoms. The van der Waals surface area contributed by atoms with Gasteiger partial charge in [-0.15, -0.1) is 11.3 Å². The molecule has 1 aliphatic rings. The van der Waals surface area contributed by atoms with E-state index in [1.165, 1.54) is 23.3 Å². The summed E-state index contributed by atoms with van der Waals surface area (Å²) in [5, 5.41) is 16.0. The monoisotopic (exact) mass is 1500 g/mol. The number of likely N-dealkylation sites (tertiary alicyclic amines) is 1. The molecule has 5 rings (SSSR count). The van der Waals surface area contributed by atoms with Crippen molar-refractivity contribution in [3.63, 3.8) is 0 Å². The standard InChI is InChI=1S/C71H109Br2N11O12S/c1-17-47(10)63(57(92-15)40-58(85)84-29-21-24-56(84)64(93-16)48(11)65(86)78-53(69-75-28-37-97-69)38-49-22-19-18-20-23-49)83(14)71(91)60(44(4)5)80-68(89)62(46(8)9)82(13)70(90)59(43(2)3)79-67(88)61(45(6)7)81(12)30-32-95-34-36-96-35-33-94-31-27-74-66(87)50-25-26-51-52(39-50)77-55(42-73)54(41-72)76-51/h18-20,22-23,25-26,28,37,39,43-48,53,56-57,59-64H,17,21,24,27,29-36,38,40-42H2,1-16H3,(H,74,87)(H,78,86)(H,79,88)(H,80,89)/t47-,48+,53-,56-,57+,59-,60-,61-,62-,63-,64+/m0/s1. The predicted octanol–water partition coefficient (Wildman–Crippen LogP) is 8.40. The fraction of sp³-hybridized carbons (Fsp3) is 0.662. The zero-order valence-corrected chi connectivity index (χ0v) is 63.9.